The van der Waals surface area contributed by atoms with Crippen LogP contribution >= 0.6 is 15.9 Å². The standard InChI is InChI=1S/C13H17BrFN/c1-13(2)10(7-12(13)16-3)9-5-4-8(14)6-11(9)15/h4-6,10,12,16H,7H2,1-3H3. The van der Waals surface area contributed by atoms with Gasteiger partial charge in [0.2, 0.25) is 0 Å². The van der Waals surface area contributed by atoms with Crippen LogP contribution in [-0.2, 0) is 0 Å². The molecule has 1 nitrogen and oxygen atoms in total. The van der Waals surface area contributed by atoms with Crippen LogP contribution in [0.15, 0.2) is 22.7 Å². The van der Waals surface area contributed by atoms with Gasteiger partial charge < -0.3 is 5.32 Å². The van der Waals surface area contributed by atoms with E-state index in [9.17, 15) is 4.39 Å². The van der Waals surface area contributed by atoms with Gasteiger partial charge in [-0.05, 0) is 42.5 Å². The SMILES string of the molecule is CNC1CC(c2ccc(Br)cc2F)C1(C)C. The molecule has 0 aliphatic heterocycles. The van der Waals surface area contributed by atoms with E-state index in [0.717, 1.165) is 16.5 Å². The Hall–Kier alpha value is -0.410. The molecule has 0 spiro atoms. The Morgan fingerprint density at radius 3 is 2.62 bits per heavy atom. The maximum atomic E-state index is 13.8. The molecular weight excluding hydrogens is 269 g/mol. The average Bonchev–Trinajstić information content (AvgIpc) is 2.20. The van der Waals surface area contributed by atoms with Crippen molar-refractivity contribution in [2.45, 2.75) is 32.2 Å². The molecule has 1 fully saturated rings. The Bertz CT molecular complexity index is 403. The molecule has 0 aromatic heterocycles. The molecular formula is C13H17BrFN. The number of nitrogens with one attached hydrogen (secondary N) is 1. The lowest BCUT2D eigenvalue weighted by atomic mass is 9.56. The maximum absolute atomic E-state index is 13.8. The van der Waals surface area contributed by atoms with Crippen LogP contribution in [0, 0.1) is 11.2 Å². The Labute approximate surface area is 105 Å². The van der Waals surface area contributed by atoms with Crippen molar-refractivity contribution in [1.82, 2.24) is 5.32 Å². The summed E-state index contributed by atoms with van der Waals surface area (Å²) in [5.41, 5.74) is 0.975. The lowest BCUT2D eigenvalue weighted by Gasteiger charge is -2.52. The Balaban J connectivity index is 2.27. The van der Waals surface area contributed by atoms with E-state index in [4.69, 9.17) is 0 Å². The minimum absolute atomic E-state index is 0.0954. The van der Waals surface area contributed by atoms with Crippen molar-refractivity contribution in [3.63, 3.8) is 0 Å². The summed E-state index contributed by atoms with van der Waals surface area (Å²) in [6.45, 7) is 4.40. The topological polar surface area (TPSA) is 12.0 Å². The molecule has 1 aromatic rings. The van der Waals surface area contributed by atoms with Crippen molar-refractivity contribution in [3.05, 3.63) is 34.1 Å². The van der Waals surface area contributed by atoms with E-state index < -0.39 is 0 Å². The molecule has 1 aliphatic carbocycles. The highest BCUT2D eigenvalue weighted by Gasteiger charge is 2.48. The number of benzene rings is 1. The minimum atomic E-state index is -0.0954. The quantitative estimate of drug-likeness (QED) is 0.874. The molecule has 0 bridgehead atoms. The van der Waals surface area contributed by atoms with Crippen molar-refractivity contribution >= 4 is 15.9 Å². The first kappa shape index (κ1) is 12.1. The maximum Gasteiger partial charge on any atom is 0.127 e. The fourth-order valence-electron chi connectivity index (χ4n) is 2.73. The molecule has 2 unspecified atom stereocenters. The largest absolute Gasteiger partial charge is 0.316 e. The first-order valence-corrected chi connectivity index (χ1v) is 6.38. The van der Waals surface area contributed by atoms with Crippen molar-refractivity contribution in [2.24, 2.45) is 5.41 Å². The van der Waals surface area contributed by atoms with Crippen molar-refractivity contribution < 1.29 is 4.39 Å². The van der Waals surface area contributed by atoms with Crippen LogP contribution in [0.1, 0.15) is 31.7 Å². The van der Waals surface area contributed by atoms with E-state index in [0.29, 0.717) is 12.0 Å². The normalized spacial score (nSPS) is 27.6. The third-order valence-electron chi connectivity index (χ3n) is 3.95. The summed E-state index contributed by atoms with van der Waals surface area (Å²) in [6, 6.07) is 5.86. The number of hydrogen-bond acceptors (Lipinski definition) is 1. The average molecular weight is 286 g/mol. The van der Waals surface area contributed by atoms with E-state index >= 15 is 0 Å². The summed E-state index contributed by atoms with van der Waals surface area (Å²) in [4.78, 5) is 0. The second kappa shape index (κ2) is 4.11. The molecule has 2 atom stereocenters. The van der Waals surface area contributed by atoms with Gasteiger partial charge in [-0.25, -0.2) is 4.39 Å². The zero-order valence-electron chi connectivity index (χ0n) is 9.85. The summed E-state index contributed by atoms with van der Waals surface area (Å²) < 4.78 is 14.6. The molecule has 1 aliphatic rings. The van der Waals surface area contributed by atoms with Crippen LogP contribution in [0.2, 0.25) is 0 Å². The van der Waals surface area contributed by atoms with Gasteiger partial charge in [0, 0.05) is 10.5 Å². The highest BCUT2D eigenvalue weighted by Crippen LogP contribution is 2.52. The molecule has 1 saturated carbocycles. The molecule has 0 heterocycles. The van der Waals surface area contributed by atoms with Gasteiger partial charge in [0.1, 0.15) is 5.82 Å². The minimum Gasteiger partial charge on any atom is -0.316 e. The highest BCUT2D eigenvalue weighted by molar-refractivity contribution is 9.10. The van der Waals surface area contributed by atoms with Gasteiger partial charge in [0.25, 0.3) is 0 Å². The molecule has 1 N–H and O–H groups in total. The predicted octanol–water partition coefficient (Wildman–Crippen LogP) is 3.69. The van der Waals surface area contributed by atoms with E-state index in [2.05, 4.69) is 35.1 Å². The summed E-state index contributed by atoms with van der Waals surface area (Å²) in [5.74, 6) is 0.222. The van der Waals surface area contributed by atoms with Gasteiger partial charge in [0.15, 0.2) is 0 Å². The molecule has 1 aromatic carbocycles. The van der Waals surface area contributed by atoms with Gasteiger partial charge in [-0.1, -0.05) is 35.8 Å². The molecule has 0 saturated heterocycles. The first-order chi connectivity index (χ1) is 7.46. The summed E-state index contributed by atoms with van der Waals surface area (Å²) in [7, 11) is 1.97. The van der Waals surface area contributed by atoms with Crippen LogP contribution in [0.3, 0.4) is 0 Å². The van der Waals surface area contributed by atoms with Crippen LogP contribution in [0.5, 0.6) is 0 Å². The number of rotatable bonds is 2. The second-order valence-electron chi connectivity index (χ2n) is 5.12. The second-order valence-corrected chi connectivity index (χ2v) is 6.03. The van der Waals surface area contributed by atoms with Gasteiger partial charge in [-0.2, -0.15) is 0 Å². The van der Waals surface area contributed by atoms with Crippen molar-refractivity contribution in [3.8, 4) is 0 Å². The Morgan fingerprint density at radius 1 is 1.44 bits per heavy atom. The van der Waals surface area contributed by atoms with Crippen LogP contribution in [-0.4, -0.2) is 13.1 Å². The highest BCUT2D eigenvalue weighted by atomic mass is 79.9. The number of halogens is 2. The van der Waals surface area contributed by atoms with Gasteiger partial charge in [-0.3, -0.25) is 0 Å². The summed E-state index contributed by atoms with van der Waals surface area (Å²) >= 11 is 3.29. The van der Waals surface area contributed by atoms with Crippen molar-refractivity contribution in [1.29, 1.82) is 0 Å². The monoisotopic (exact) mass is 285 g/mol. The van der Waals surface area contributed by atoms with E-state index in [1.54, 1.807) is 6.07 Å². The lowest BCUT2D eigenvalue weighted by molar-refractivity contribution is 0.0728. The van der Waals surface area contributed by atoms with Gasteiger partial charge >= 0.3 is 0 Å². The van der Waals surface area contributed by atoms with Crippen molar-refractivity contribution in [2.75, 3.05) is 7.05 Å². The van der Waals surface area contributed by atoms with E-state index in [1.807, 2.05) is 19.2 Å². The first-order valence-electron chi connectivity index (χ1n) is 5.59. The molecule has 2 rings (SSSR count). The molecule has 16 heavy (non-hydrogen) atoms. The van der Waals surface area contributed by atoms with Crippen LogP contribution in [0.4, 0.5) is 4.39 Å². The van der Waals surface area contributed by atoms with E-state index in [1.165, 1.54) is 0 Å². The molecule has 0 amide bonds. The zero-order valence-corrected chi connectivity index (χ0v) is 11.4. The Morgan fingerprint density at radius 2 is 2.12 bits per heavy atom. The van der Waals surface area contributed by atoms with Crippen LogP contribution < -0.4 is 5.32 Å². The fraction of sp³-hybridized carbons (Fsp3) is 0.538. The number of hydrogen-bond donors (Lipinski definition) is 1. The summed E-state index contributed by atoms with van der Waals surface area (Å²) in [5, 5.41) is 3.29. The van der Waals surface area contributed by atoms with Gasteiger partial charge in [-0.15, -0.1) is 0 Å². The van der Waals surface area contributed by atoms with Gasteiger partial charge in [0.05, 0.1) is 0 Å². The predicted molar refractivity (Wildman–Crippen MR) is 68.1 cm³/mol. The molecule has 88 valence electrons. The Kier molecular flexibility index (Phi) is 3.10. The third-order valence-corrected chi connectivity index (χ3v) is 4.45. The molecule has 3 heteroatoms. The fourth-order valence-corrected chi connectivity index (χ4v) is 3.06. The summed E-state index contributed by atoms with van der Waals surface area (Å²) in [6.07, 6.45) is 1.02. The third kappa shape index (κ3) is 1.80. The zero-order chi connectivity index (χ0) is 11.9. The molecule has 0 radical (unpaired) electrons. The lowest BCUT2D eigenvalue weighted by Crippen LogP contribution is -2.54. The smallest absolute Gasteiger partial charge is 0.127 e. The van der Waals surface area contributed by atoms with E-state index in [-0.39, 0.29) is 11.2 Å². The van der Waals surface area contributed by atoms with Crippen LogP contribution in [0.25, 0.3) is 0 Å².